The fourth-order valence-electron chi connectivity index (χ4n) is 9.98. The molecule has 7 heterocycles. The number of nitrogens with zero attached hydrogens (tertiary/aromatic N) is 6. The van der Waals surface area contributed by atoms with Gasteiger partial charge in [-0.25, -0.2) is 13.2 Å². The first-order valence-electron chi connectivity index (χ1n) is 18.2. The molecule has 278 valence electrons. The number of ether oxygens (including phenoxy) is 3. The van der Waals surface area contributed by atoms with Gasteiger partial charge in [0.2, 0.25) is 0 Å². The summed E-state index contributed by atoms with van der Waals surface area (Å²) >= 11 is 8.01. The molecule has 0 radical (unpaired) electrons. The third-order valence-corrected chi connectivity index (χ3v) is 14.0. The molecule has 2 aromatic heterocycles. The molecular formula is C37H37ClF3N7O4S. The number of nitrogens with two attached hydrogens (primary N) is 1. The Kier molecular flexibility index (Phi) is 7.95. The zero-order valence-electron chi connectivity index (χ0n) is 28.7. The van der Waals surface area contributed by atoms with Gasteiger partial charge in [0.15, 0.2) is 11.6 Å². The van der Waals surface area contributed by atoms with E-state index in [0.717, 1.165) is 37.1 Å². The number of rotatable bonds is 7. The molecule has 10 rings (SSSR count). The highest BCUT2D eigenvalue weighted by Gasteiger charge is 2.59. The van der Waals surface area contributed by atoms with Gasteiger partial charge in [0.25, 0.3) is 0 Å². The van der Waals surface area contributed by atoms with Crippen molar-refractivity contribution in [2.45, 2.75) is 49.7 Å². The number of aromatic nitrogens is 2. The lowest BCUT2D eigenvalue weighted by atomic mass is 9.95. The number of aliphatic hydroxyl groups is 1. The second-order valence-corrected chi connectivity index (χ2v) is 16.8. The number of hydrogen-bond acceptors (Lipinski definition) is 12. The number of nitriles is 1. The quantitative estimate of drug-likeness (QED) is 0.253. The Morgan fingerprint density at radius 1 is 1.17 bits per heavy atom. The second kappa shape index (κ2) is 12.4. The van der Waals surface area contributed by atoms with E-state index in [2.05, 4.69) is 19.7 Å². The molecule has 0 amide bonds. The van der Waals surface area contributed by atoms with Gasteiger partial charge < -0.3 is 30.0 Å². The molecule has 53 heavy (non-hydrogen) atoms. The summed E-state index contributed by atoms with van der Waals surface area (Å²) in [5, 5.41) is 21.8. The summed E-state index contributed by atoms with van der Waals surface area (Å²) in [6.45, 7) is 4.43. The third-order valence-electron chi connectivity index (χ3n) is 12.6. The van der Waals surface area contributed by atoms with Gasteiger partial charge in [0.1, 0.15) is 53.8 Å². The van der Waals surface area contributed by atoms with Crippen LogP contribution >= 0.6 is 22.9 Å². The van der Waals surface area contributed by atoms with Crippen LogP contribution < -0.4 is 20.1 Å². The van der Waals surface area contributed by atoms with Crippen LogP contribution in [-0.4, -0.2) is 108 Å². The Morgan fingerprint density at radius 3 is 2.81 bits per heavy atom. The number of benzene rings is 2. The first kappa shape index (κ1) is 33.9. The lowest BCUT2D eigenvalue weighted by Crippen LogP contribution is -2.44. The molecule has 2 aromatic carbocycles. The van der Waals surface area contributed by atoms with Gasteiger partial charge >= 0.3 is 6.01 Å². The molecule has 5 aliphatic heterocycles. The first-order valence-corrected chi connectivity index (χ1v) is 19.4. The van der Waals surface area contributed by atoms with Crippen LogP contribution in [0.3, 0.4) is 0 Å². The standard InChI is InChI=1S/C37H37ClF3N7O4S/c38-28-26(19-2-3-23(40)32-24(19)20(11-42)33(43)53-32)29(41)30-27-31(28)51-9-8-48(18-4-7-46(13-18)35(49)25-21-14-50-15-22(21)25)34(27)45-36(44-30)52-16-37-5-1-6-47(37)12-17(39)10-37/h2-3,17-18,21-22,25,35,49H,1,4-10,12-16,43H2/t17-,18?,21?,22?,25?,35?,37+/m1/s1. The summed E-state index contributed by atoms with van der Waals surface area (Å²) in [4.78, 5) is 15.9. The number of hydrogen-bond donors (Lipinski definition) is 2. The van der Waals surface area contributed by atoms with Gasteiger partial charge in [0, 0.05) is 49.0 Å². The minimum atomic E-state index is -0.959. The van der Waals surface area contributed by atoms with E-state index in [9.17, 15) is 14.8 Å². The van der Waals surface area contributed by atoms with Gasteiger partial charge in [-0.05, 0) is 49.3 Å². The summed E-state index contributed by atoms with van der Waals surface area (Å²) in [5.41, 5.74) is 5.62. The number of aliphatic hydroxyl groups excluding tert-OH is 1. The van der Waals surface area contributed by atoms with Crippen molar-refractivity contribution >= 4 is 54.7 Å². The number of anilines is 2. The second-order valence-electron chi connectivity index (χ2n) is 15.3. The van der Waals surface area contributed by atoms with Crippen molar-refractivity contribution in [3.8, 4) is 29.0 Å². The molecule has 0 bridgehead atoms. The maximum atomic E-state index is 17.4. The fourth-order valence-corrected chi connectivity index (χ4v) is 11.3. The van der Waals surface area contributed by atoms with E-state index in [1.165, 1.54) is 12.1 Å². The van der Waals surface area contributed by atoms with E-state index in [4.69, 9.17) is 36.5 Å². The van der Waals surface area contributed by atoms with E-state index in [1.807, 2.05) is 6.07 Å². The summed E-state index contributed by atoms with van der Waals surface area (Å²) in [6, 6.07) is 4.46. The van der Waals surface area contributed by atoms with Crippen LogP contribution in [0.25, 0.3) is 32.1 Å². The molecule has 4 saturated heterocycles. The van der Waals surface area contributed by atoms with Crippen molar-refractivity contribution in [1.82, 2.24) is 19.8 Å². The SMILES string of the molecule is N#Cc1c(N)sc2c(F)ccc(-c3c(Cl)c4c5c(nc(OC[C@@]67CCCN6C[C@H](F)C7)nc5c3F)N(C3CCN(C(O)C5C6COCC65)C3)CCO4)c12. The van der Waals surface area contributed by atoms with Gasteiger partial charge in [0.05, 0.1) is 46.0 Å². The molecular weight excluding hydrogens is 731 g/mol. The van der Waals surface area contributed by atoms with Crippen LogP contribution in [0.1, 0.15) is 31.2 Å². The van der Waals surface area contributed by atoms with Crippen molar-refractivity contribution in [2.75, 3.05) is 69.8 Å². The third kappa shape index (κ3) is 5.13. The van der Waals surface area contributed by atoms with Crippen LogP contribution in [-0.2, 0) is 4.74 Å². The monoisotopic (exact) mass is 767 g/mol. The highest BCUT2D eigenvalue weighted by molar-refractivity contribution is 7.23. The Morgan fingerprint density at radius 2 is 2.00 bits per heavy atom. The van der Waals surface area contributed by atoms with Crippen molar-refractivity contribution in [2.24, 2.45) is 17.8 Å². The molecule has 0 spiro atoms. The molecule has 1 aliphatic carbocycles. The van der Waals surface area contributed by atoms with Crippen LogP contribution in [0.2, 0.25) is 5.02 Å². The maximum Gasteiger partial charge on any atom is 0.319 e. The molecule has 5 fully saturated rings. The normalized spacial score (nSPS) is 30.0. The van der Waals surface area contributed by atoms with Crippen molar-refractivity contribution in [3.05, 3.63) is 34.4 Å². The van der Waals surface area contributed by atoms with Crippen LogP contribution in [0.4, 0.5) is 24.0 Å². The lowest BCUT2D eigenvalue weighted by molar-refractivity contribution is -0.0191. The Labute approximate surface area is 312 Å². The smallest absolute Gasteiger partial charge is 0.319 e. The van der Waals surface area contributed by atoms with Crippen molar-refractivity contribution in [1.29, 1.82) is 5.26 Å². The van der Waals surface area contributed by atoms with Gasteiger partial charge in [-0.1, -0.05) is 17.7 Å². The molecule has 3 N–H and O–H groups in total. The Bertz CT molecular complexity index is 2210. The maximum absolute atomic E-state index is 17.4. The summed E-state index contributed by atoms with van der Waals surface area (Å²) in [7, 11) is 0. The zero-order valence-corrected chi connectivity index (χ0v) is 30.2. The number of fused-ring (bicyclic) bond motifs is 3. The molecule has 16 heteroatoms. The number of thiophene rings is 1. The fraction of sp³-hybridized carbons (Fsp3) is 0.541. The van der Waals surface area contributed by atoms with Crippen molar-refractivity contribution in [3.63, 3.8) is 0 Å². The van der Waals surface area contributed by atoms with Gasteiger partial charge in [-0.3, -0.25) is 9.80 Å². The average molecular weight is 768 g/mol. The summed E-state index contributed by atoms with van der Waals surface area (Å²) in [6.07, 6.45) is 1.22. The number of halogens is 4. The lowest BCUT2D eigenvalue weighted by Gasteiger charge is -2.32. The number of likely N-dealkylation sites (tertiary alicyclic amines) is 1. The number of nitrogen functional groups attached to an aromatic ring is 1. The average Bonchev–Trinajstić information content (AvgIpc) is 3.73. The molecule has 6 aliphatic rings. The topological polar surface area (TPSA) is 133 Å². The molecule has 4 unspecified atom stereocenters. The summed E-state index contributed by atoms with van der Waals surface area (Å²) < 4.78 is 65.5. The predicted octanol–water partition coefficient (Wildman–Crippen LogP) is 5.34. The van der Waals surface area contributed by atoms with E-state index < -0.39 is 29.6 Å². The van der Waals surface area contributed by atoms with Crippen molar-refractivity contribution < 1.29 is 32.5 Å². The highest BCUT2D eigenvalue weighted by Crippen LogP contribution is 2.54. The van der Waals surface area contributed by atoms with Crippen LogP contribution in [0.15, 0.2) is 12.1 Å². The van der Waals surface area contributed by atoms with E-state index >= 15 is 8.78 Å². The minimum absolute atomic E-state index is 0.0267. The van der Waals surface area contributed by atoms with Gasteiger partial charge in [-0.2, -0.15) is 15.2 Å². The van der Waals surface area contributed by atoms with E-state index in [1.54, 1.807) is 0 Å². The molecule has 11 nitrogen and oxygen atoms in total. The first-order chi connectivity index (χ1) is 25.7. The Balaban J connectivity index is 1.10. The molecule has 6 atom stereocenters. The zero-order chi connectivity index (χ0) is 36.3. The Hall–Kier alpha value is -3.65. The minimum Gasteiger partial charge on any atom is -0.489 e. The largest absolute Gasteiger partial charge is 0.489 e. The van der Waals surface area contributed by atoms with Crippen LogP contribution in [0.5, 0.6) is 11.8 Å². The van der Waals surface area contributed by atoms with Gasteiger partial charge in [-0.15, -0.1) is 11.3 Å². The van der Waals surface area contributed by atoms with E-state index in [-0.39, 0.29) is 84.6 Å². The number of alkyl halides is 1. The van der Waals surface area contributed by atoms with Crippen LogP contribution in [0, 0.1) is 40.7 Å². The highest BCUT2D eigenvalue weighted by atomic mass is 35.5. The van der Waals surface area contributed by atoms with E-state index in [0.29, 0.717) is 63.5 Å². The summed E-state index contributed by atoms with van der Waals surface area (Å²) in [5.74, 6) is 0.122. The predicted molar refractivity (Wildman–Crippen MR) is 193 cm³/mol. The molecule has 4 aromatic rings. The molecule has 1 saturated carbocycles.